The minimum atomic E-state index is -0.833. The van der Waals surface area contributed by atoms with E-state index in [0.717, 1.165) is 27.7 Å². The average molecular weight is 347 g/mol. The van der Waals surface area contributed by atoms with Crippen molar-refractivity contribution in [3.63, 3.8) is 0 Å². The van der Waals surface area contributed by atoms with Crippen LogP contribution in [-0.4, -0.2) is 44.3 Å². The maximum absolute atomic E-state index is 9.00. The summed E-state index contributed by atoms with van der Waals surface area (Å²) in [6, 6.07) is 0. The van der Waals surface area contributed by atoms with Crippen molar-refractivity contribution in [2.45, 2.75) is 27.7 Å². The zero-order valence-corrected chi connectivity index (χ0v) is 13.0. The van der Waals surface area contributed by atoms with Crippen molar-refractivity contribution in [1.29, 1.82) is 0 Å². The molecule has 13 N–H and O–H groups in total. The van der Waals surface area contributed by atoms with Crippen LogP contribution < -0.4 is 18.5 Å². The van der Waals surface area contributed by atoms with E-state index in [0.29, 0.717) is 0 Å². The molecule has 0 rings (SSSR count). The average Bonchev–Trinajstić information content (AvgIpc) is 1.76. The van der Waals surface area contributed by atoms with E-state index in [-0.39, 0.29) is 35.5 Å². The van der Waals surface area contributed by atoms with Crippen LogP contribution in [0.3, 0.4) is 0 Å². The summed E-state index contributed by atoms with van der Waals surface area (Å²) >= 11 is 0. The van der Waals surface area contributed by atoms with Gasteiger partial charge in [-0.05, 0) is 0 Å². The zero-order valence-electron chi connectivity index (χ0n) is 11.9. The fourth-order valence-corrected chi connectivity index (χ4v) is 0. The van der Waals surface area contributed by atoms with E-state index in [1.54, 1.807) is 0 Å². The molecule has 0 amide bonds. The van der Waals surface area contributed by atoms with E-state index < -0.39 is 23.9 Å². The van der Waals surface area contributed by atoms with Gasteiger partial charge in [0.2, 0.25) is 0 Å². The maximum atomic E-state index is 9.00. The van der Waals surface area contributed by atoms with Gasteiger partial charge in [0.05, 0.1) is 0 Å². The van der Waals surface area contributed by atoms with Crippen LogP contribution in [0.5, 0.6) is 0 Å². The third-order valence-electron chi connectivity index (χ3n) is 0. The third-order valence-corrected chi connectivity index (χ3v) is 0. The van der Waals surface area contributed by atoms with Gasteiger partial charge in [-0.25, -0.2) is 0 Å². The predicted octanol–water partition coefficient (Wildman–Crippen LogP) is 0.847. The van der Waals surface area contributed by atoms with E-state index in [1.807, 2.05) is 0 Å². The molecule has 0 aromatic carbocycles. The minimum Gasteiger partial charge on any atom is -0.481 e. The smallest absolute Gasteiger partial charge is 0.300 e. The molecule has 0 heterocycles. The molecule has 0 bridgehead atoms. The van der Waals surface area contributed by atoms with Gasteiger partial charge in [-0.2, -0.15) is 0 Å². The summed E-state index contributed by atoms with van der Waals surface area (Å²) in [5.74, 6) is -3.33. The predicted molar refractivity (Wildman–Crippen MR) is 68.3 cm³/mol. The van der Waals surface area contributed by atoms with E-state index in [9.17, 15) is 0 Å². The third kappa shape index (κ3) is 1280. The van der Waals surface area contributed by atoms with Crippen molar-refractivity contribution in [1.82, 2.24) is 18.5 Å². The van der Waals surface area contributed by atoms with Gasteiger partial charge in [0.15, 0.2) is 0 Å². The molecule has 0 aliphatic carbocycles. The first-order valence-corrected chi connectivity index (χ1v) is 3.71. The summed E-state index contributed by atoms with van der Waals surface area (Å²) in [6.07, 6.45) is 0. The number of rotatable bonds is 0. The van der Waals surface area contributed by atoms with Crippen molar-refractivity contribution >= 4 is 23.9 Å². The molecular formula is C8H25FeN3O8. The quantitative estimate of drug-likeness (QED) is 0.302. The number of carboxylic acid groups (broad SMARTS) is 4. The van der Waals surface area contributed by atoms with Gasteiger partial charge in [-0.3, -0.25) is 19.2 Å². The molecule has 0 aliphatic rings. The largest absolute Gasteiger partial charge is 0.481 e. The molecule has 0 aliphatic heterocycles. The van der Waals surface area contributed by atoms with Gasteiger partial charge in [0.25, 0.3) is 23.9 Å². The van der Waals surface area contributed by atoms with Crippen molar-refractivity contribution < 1.29 is 56.7 Å². The Balaban J connectivity index is -0.0000000150. The summed E-state index contributed by atoms with van der Waals surface area (Å²) in [6.45, 7) is 4.33. The first kappa shape index (κ1) is 51.7. The van der Waals surface area contributed by atoms with Gasteiger partial charge in [0, 0.05) is 44.8 Å². The maximum Gasteiger partial charge on any atom is 0.300 e. The number of carboxylic acids is 4. The number of carbonyl (C=O) groups is 4. The fraction of sp³-hybridized carbons (Fsp3) is 0.500. The van der Waals surface area contributed by atoms with Gasteiger partial charge in [0.1, 0.15) is 0 Å². The summed E-state index contributed by atoms with van der Waals surface area (Å²) < 4.78 is 0. The van der Waals surface area contributed by atoms with Crippen LogP contribution in [0.25, 0.3) is 0 Å². The summed E-state index contributed by atoms with van der Waals surface area (Å²) in [7, 11) is 0. The second-order valence-corrected chi connectivity index (χ2v) is 2.08. The summed E-state index contributed by atoms with van der Waals surface area (Å²) in [4.78, 5) is 36.0. The van der Waals surface area contributed by atoms with Crippen LogP contribution in [-0.2, 0) is 36.2 Å². The Labute approximate surface area is 127 Å². The zero-order chi connectivity index (χ0) is 14.3. The van der Waals surface area contributed by atoms with Crippen LogP contribution >= 0.6 is 0 Å². The Hall–Kier alpha value is -1.72. The van der Waals surface area contributed by atoms with Crippen LogP contribution in [0.4, 0.5) is 0 Å². The van der Waals surface area contributed by atoms with E-state index in [2.05, 4.69) is 0 Å². The molecule has 0 radical (unpaired) electrons. The molecular weight excluding hydrogens is 322 g/mol. The van der Waals surface area contributed by atoms with Gasteiger partial charge in [-0.1, -0.05) is 0 Å². The Morgan fingerprint density at radius 1 is 0.500 bits per heavy atom. The molecule has 0 saturated carbocycles. The van der Waals surface area contributed by atoms with Crippen LogP contribution in [0.2, 0.25) is 0 Å². The van der Waals surface area contributed by atoms with Crippen molar-refractivity contribution in [2.75, 3.05) is 0 Å². The molecule has 0 aromatic rings. The summed E-state index contributed by atoms with van der Waals surface area (Å²) in [5, 5.41) is 29.7. The molecule has 12 heteroatoms. The normalized spacial score (nSPS) is 5.00. The van der Waals surface area contributed by atoms with Crippen LogP contribution in [0.1, 0.15) is 27.7 Å². The molecule has 0 spiro atoms. The number of hydrogen-bond donors (Lipinski definition) is 7. The molecule has 0 saturated heterocycles. The molecule has 128 valence electrons. The Morgan fingerprint density at radius 2 is 0.500 bits per heavy atom. The molecule has 20 heavy (non-hydrogen) atoms. The Kier molecular flexibility index (Phi) is 112. The Morgan fingerprint density at radius 3 is 0.500 bits per heavy atom. The van der Waals surface area contributed by atoms with Gasteiger partial charge < -0.3 is 38.9 Å². The SMILES string of the molecule is CC(=O)O.CC(=O)O.CC(=O)O.CC(=O)O.N.N.N.[Fe]. The van der Waals surface area contributed by atoms with Crippen LogP contribution in [0, 0.1) is 0 Å². The van der Waals surface area contributed by atoms with Crippen molar-refractivity contribution in [3.05, 3.63) is 0 Å². The van der Waals surface area contributed by atoms with Gasteiger partial charge >= 0.3 is 0 Å². The second kappa shape index (κ2) is 43.3. The molecule has 0 aromatic heterocycles. The van der Waals surface area contributed by atoms with Gasteiger partial charge in [-0.15, -0.1) is 0 Å². The second-order valence-electron chi connectivity index (χ2n) is 2.08. The monoisotopic (exact) mass is 347 g/mol. The minimum absolute atomic E-state index is 0. The molecule has 0 unspecified atom stereocenters. The van der Waals surface area contributed by atoms with Crippen LogP contribution in [0.15, 0.2) is 0 Å². The van der Waals surface area contributed by atoms with E-state index in [4.69, 9.17) is 39.6 Å². The van der Waals surface area contributed by atoms with Crippen molar-refractivity contribution in [3.8, 4) is 0 Å². The van der Waals surface area contributed by atoms with E-state index >= 15 is 0 Å². The molecule has 0 fully saturated rings. The first-order valence-electron chi connectivity index (χ1n) is 3.71. The first-order chi connectivity index (χ1) is 6.93. The summed E-state index contributed by atoms with van der Waals surface area (Å²) in [5.41, 5.74) is 0. The number of hydrogen-bond acceptors (Lipinski definition) is 7. The van der Waals surface area contributed by atoms with Crippen molar-refractivity contribution in [2.24, 2.45) is 0 Å². The Bertz CT molecular complexity index is 174. The fourth-order valence-electron chi connectivity index (χ4n) is 0. The topological polar surface area (TPSA) is 254 Å². The molecule has 11 nitrogen and oxygen atoms in total. The standard InChI is InChI=1S/4C2H4O2.Fe.3H3N/c4*1-2(3)4;;;;/h4*1H3,(H,3,4);;3*1H3. The number of aliphatic carboxylic acids is 4. The van der Waals surface area contributed by atoms with E-state index in [1.165, 1.54) is 0 Å². The molecule has 0 atom stereocenters.